The van der Waals surface area contributed by atoms with Crippen LogP contribution in [0.2, 0.25) is 0 Å². The first-order chi connectivity index (χ1) is 10.0. The van der Waals surface area contributed by atoms with Gasteiger partial charge in [-0.3, -0.25) is 0 Å². The summed E-state index contributed by atoms with van der Waals surface area (Å²) in [6.07, 6.45) is 5.57. The summed E-state index contributed by atoms with van der Waals surface area (Å²) < 4.78 is 0. The summed E-state index contributed by atoms with van der Waals surface area (Å²) in [4.78, 5) is 14.1. The Hall–Kier alpha value is -2.44. The number of rotatable bonds is 3. The fourth-order valence-electron chi connectivity index (χ4n) is 2.06. The second kappa shape index (κ2) is 6.34. The van der Waals surface area contributed by atoms with Gasteiger partial charge in [-0.15, -0.1) is 0 Å². The predicted molar refractivity (Wildman–Crippen MR) is 88.3 cm³/mol. The van der Waals surface area contributed by atoms with E-state index in [9.17, 15) is 4.79 Å². The number of hydrogen-bond acceptors (Lipinski definition) is 2. The molecule has 0 spiro atoms. The molecule has 21 heavy (non-hydrogen) atoms. The van der Waals surface area contributed by atoms with Crippen molar-refractivity contribution in [2.45, 2.75) is 26.2 Å². The topological polar surface area (TPSA) is 29.4 Å². The summed E-state index contributed by atoms with van der Waals surface area (Å²) in [6, 6.07) is 16.0. The van der Waals surface area contributed by atoms with Gasteiger partial charge in [-0.25, -0.2) is 4.79 Å². The number of carbonyl (C=O) groups excluding carboxylic acids is 1. The van der Waals surface area contributed by atoms with Gasteiger partial charge in [0, 0.05) is 5.56 Å². The van der Waals surface area contributed by atoms with Crippen LogP contribution in [0.15, 0.2) is 53.5 Å². The molecule has 0 aromatic heterocycles. The zero-order valence-corrected chi connectivity index (χ0v) is 12.6. The summed E-state index contributed by atoms with van der Waals surface area (Å²) in [7, 11) is 0. The normalized spacial score (nSPS) is 11.4. The largest absolute Gasteiger partial charge is 0.240 e. The van der Waals surface area contributed by atoms with Crippen molar-refractivity contribution in [2.75, 3.05) is 0 Å². The summed E-state index contributed by atoms with van der Waals surface area (Å²) in [5, 5.41) is 0. The van der Waals surface area contributed by atoms with Crippen LogP contribution in [0.1, 0.15) is 37.5 Å². The average Bonchev–Trinajstić information content (AvgIpc) is 2.46. The molecule has 2 nitrogen and oxygen atoms in total. The first kappa shape index (κ1) is 15.0. The zero-order chi connectivity index (χ0) is 15.3. The van der Waals surface area contributed by atoms with Gasteiger partial charge in [-0.05, 0) is 22.6 Å². The van der Waals surface area contributed by atoms with Crippen LogP contribution in [0.4, 0.5) is 5.69 Å². The van der Waals surface area contributed by atoms with Crippen LogP contribution in [0.5, 0.6) is 0 Å². The van der Waals surface area contributed by atoms with Crippen LogP contribution < -0.4 is 0 Å². The third-order valence-electron chi connectivity index (χ3n) is 3.33. The number of benzene rings is 2. The Bertz CT molecular complexity index is 684. The van der Waals surface area contributed by atoms with Crippen LogP contribution in [0.3, 0.4) is 0 Å². The molecule has 0 aliphatic heterocycles. The van der Waals surface area contributed by atoms with Crippen LogP contribution in [-0.4, -0.2) is 6.08 Å². The molecule has 0 unspecified atom stereocenters. The minimum atomic E-state index is 0.160. The van der Waals surface area contributed by atoms with Gasteiger partial charge >= 0.3 is 0 Å². The molecule has 0 saturated heterocycles. The maximum absolute atomic E-state index is 10.4. The molecule has 0 fully saturated rings. The Morgan fingerprint density at radius 1 is 0.952 bits per heavy atom. The standard InChI is InChI=1S/C19H19NO/c1-19(2,3)17-12-9-15(10-13-17)8-11-16-6-4-5-7-18(16)20-14-21/h4-13H,1-3H3. The third kappa shape index (κ3) is 4.01. The van der Waals surface area contributed by atoms with E-state index in [0.29, 0.717) is 5.69 Å². The molecule has 0 aliphatic carbocycles. The molecule has 2 rings (SSSR count). The Balaban J connectivity index is 2.24. The lowest BCUT2D eigenvalue weighted by Crippen LogP contribution is -2.10. The lowest BCUT2D eigenvalue weighted by molar-refractivity contribution is 0.565. The van der Waals surface area contributed by atoms with Gasteiger partial charge in [0.2, 0.25) is 6.08 Å². The van der Waals surface area contributed by atoms with Gasteiger partial charge < -0.3 is 0 Å². The van der Waals surface area contributed by atoms with Crippen molar-refractivity contribution in [3.8, 4) is 0 Å². The van der Waals surface area contributed by atoms with Crippen LogP contribution in [0, 0.1) is 0 Å². The zero-order valence-electron chi connectivity index (χ0n) is 12.6. The summed E-state index contributed by atoms with van der Waals surface area (Å²) in [6.45, 7) is 6.60. The second-order valence-electron chi connectivity index (χ2n) is 5.97. The molecule has 0 bridgehead atoms. The molecule has 2 heteroatoms. The van der Waals surface area contributed by atoms with E-state index in [1.165, 1.54) is 5.56 Å². The molecule has 0 heterocycles. The molecule has 0 N–H and O–H groups in total. The highest BCUT2D eigenvalue weighted by Crippen LogP contribution is 2.24. The molecule has 0 amide bonds. The Morgan fingerprint density at radius 2 is 1.62 bits per heavy atom. The van der Waals surface area contributed by atoms with Crippen molar-refractivity contribution < 1.29 is 4.79 Å². The predicted octanol–water partition coefficient (Wildman–Crippen LogP) is 5.12. The second-order valence-corrected chi connectivity index (χ2v) is 5.97. The fourth-order valence-corrected chi connectivity index (χ4v) is 2.06. The van der Waals surface area contributed by atoms with E-state index in [-0.39, 0.29) is 5.41 Å². The molecule has 0 saturated carbocycles. The van der Waals surface area contributed by atoms with Crippen molar-refractivity contribution in [1.29, 1.82) is 0 Å². The van der Waals surface area contributed by atoms with Crippen molar-refractivity contribution in [3.05, 3.63) is 65.2 Å². The summed E-state index contributed by atoms with van der Waals surface area (Å²) >= 11 is 0. The van der Waals surface area contributed by atoms with Crippen LogP contribution in [0.25, 0.3) is 12.2 Å². The molecular weight excluding hydrogens is 258 g/mol. The van der Waals surface area contributed by atoms with Crippen molar-refractivity contribution >= 4 is 23.9 Å². The highest BCUT2D eigenvalue weighted by molar-refractivity contribution is 5.76. The monoisotopic (exact) mass is 277 g/mol. The van der Waals surface area contributed by atoms with Crippen molar-refractivity contribution in [2.24, 2.45) is 4.99 Å². The van der Waals surface area contributed by atoms with Crippen molar-refractivity contribution in [1.82, 2.24) is 0 Å². The molecular formula is C19H19NO. The molecule has 2 aromatic rings. The lowest BCUT2D eigenvalue weighted by atomic mass is 9.87. The van der Waals surface area contributed by atoms with Crippen LogP contribution >= 0.6 is 0 Å². The fraction of sp³-hybridized carbons (Fsp3) is 0.211. The number of nitrogens with zero attached hydrogens (tertiary/aromatic N) is 1. The maximum Gasteiger partial charge on any atom is 0.240 e. The minimum absolute atomic E-state index is 0.160. The van der Waals surface area contributed by atoms with E-state index in [2.05, 4.69) is 50.0 Å². The average molecular weight is 277 g/mol. The number of hydrogen-bond donors (Lipinski definition) is 0. The molecule has 2 aromatic carbocycles. The van der Waals surface area contributed by atoms with E-state index in [1.54, 1.807) is 12.1 Å². The van der Waals surface area contributed by atoms with E-state index >= 15 is 0 Å². The van der Waals surface area contributed by atoms with E-state index < -0.39 is 0 Å². The Morgan fingerprint density at radius 3 is 2.24 bits per heavy atom. The highest BCUT2D eigenvalue weighted by Gasteiger charge is 2.12. The molecule has 0 aliphatic rings. The van der Waals surface area contributed by atoms with Gasteiger partial charge in [0.05, 0.1) is 5.69 Å². The maximum atomic E-state index is 10.4. The first-order valence-electron chi connectivity index (χ1n) is 6.96. The number of isocyanates is 1. The van der Waals surface area contributed by atoms with E-state index in [4.69, 9.17) is 0 Å². The number of para-hydroxylation sites is 1. The third-order valence-corrected chi connectivity index (χ3v) is 3.33. The Kier molecular flexibility index (Phi) is 4.52. The minimum Gasteiger partial charge on any atom is -0.211 e. The van der Waals surface area contributed by atoms with Gasteiger partial charge in [0.1, 0.15) is 0 Å². The molecule has 0 atom stereocenters. The van der Waals surface area contributed by atoms with Crippen LogP contribution in [-0.2, 0) is 10.2 Å². The quantitative estimate of drug-likeness (QED) is 0.435. The highest BCUT2D eigenvalue weighted by atomic mass is 16.1. The first-order valence-corrected chi connectivity index (χ1v) is 6.96. The molecule has 106 valence electrons. The summed E-state index contributed by atoms with van der Waals surface area (Å²) in [5.41, 5.74) is 4.13. The van der Waals surface area contributed by atoms with Gasteiger partial charge in [-0.1, -0.05) is 75.4 Å². The summed E-state index contributed by atoms with van der Waals surface area (Å²) in [5.74, 6) is 0. The van der Waals surface area contributed by atoms with Gasteiger partial charge in [0.15, 0.2) is 0 Å². The number of aliphatic imine (C=N–C) groups is 1. The smallest absolute Gasteiger partial charge is 0.211 e. The van der Waals surface area contributed by atoms with E-state index in [0.717, 1.165) is 11.1 Å². The lowest BCUT2D eigenvalue weighted by Gasteiger charge is -2.18. The van der Waals surface area contributed by atoms with Crippen molar-refractivity contribution in [3.63, 3.8) is 0 Å². The SMILES string of the molecule is CC(C)(C)c1ccc(C=Cc2ccccc2N=C=O)cc1. The van der Waals surface area contributed by atoms with E-state index in [1.807, 2.05) is 30.4 Å². The Labute approximate surface area is 125 Å². The van der Waals surface area contributed by atoms with Gasteiger partial charge in [-0.2, -0.15) is 4.99 Å². The van der Waals surface area contributed by atoms with Gasteiger partial charge in [0.25, 0.3) is 0 Å². The molecule has 0 radical (unpaired) electrons.